The third-order valence-electron chi connectivity index (χ3n) is 2.08. The van der Waals surface area contributed by atoms with Gasteiger partial charge in [-0.15, -0.1) is 0 Å². The van der Waals surface area contributed by atoms with Gasteiger partial charge in [0.2, 0.25) is 5.82 Å². The predicted octanol–water partition coefficient (Wildman–Crippen LogP) is 1.44. The van der Waals surface area contributed by atoms with Crippen LogP contribution in [0.3, 0.4) is 0 Å². The number of aromatic hydroxyl groups is 1. The van der Waals surface area contributed by atoms with E-state index >= 15 is 0 Å². The largest absolute Gasteiger partial charge is 0.505 e. The lowest BCUT2D eigenvalue weighted by molar-refractivity contribution is 0.340. The molecule has 0 aliphatic heterocycles. The molecule has 0 spiro atoms. The van der Waals surface area contributed by atoms with Gasteiger partial charge in [0.1, 0.15) is 0 Å². The van der Waals surface area contributed by atoms with E-state index in [9.17, 15) is 13.9 Å². The topological polar surface area (TPSA) is 41.5 Å². The predicted molar refractivity (Wildman–Crippen MR) is 52.2 cm³/mol. The molecule has 0 amide bonds. The maximum Gasteiger partial charge on any atom is 0.209 e. The Morgan fingerprint density at radius 2 is 2.13 bits per heavy atom. The summed E-state index contributed by atoms with van der Waals surface area (Å²) in [7, 11) is 2.86. The minimum atomic E-state index is -1.05. The van der Waals surface area contributed by atoms with Crippen LogP contribution < -0.4 is 10.1 Å². The summed E-state index contributed by atoms with van der Waals surface area (Å²) < 4.78 is 31.0. The number of hydrogen-bond donors (Lipinski definition) is 2. The second-order valence-corrected chi connectivity index (χ2v) is 3.07. The van der Waals surface area contributed by atoms with E-state index in [0.29, 0.717) is 13.0 Å². The van der Waals surface area contributed by atoms with Crippen molar-refractivity contribution in [2.24, 2.45) is 0 Å². The number of hydrogen-bond acceptors (Lipinski definition) is 3. The molecule has 1 rings (SSSR count). The molecule has 0 aromatic heterocycles. The van der Waals surface area contributed by atoms with E-state index < -0.39 is 23.1 Å². The molecule has 0 bridgehead atoms. The smallest absolute Gasteiger partial charge is 0.209 e. The molecule has 0 aliphatic rings. The summed E-state index contributed by atoms with van der Waals surface area (Å²) in [6, 6.07) is 1.08. The van der Waals surface area contributed by atoms with Gasteiger partial charge in [-0.2, -0.15) is 4.39 Å². The van der Waals surface area contributed by atoms with Crippen molar-refractivity contribution in [1.82, 2.24) is 5.32 Å². The zero-order chi connectivity index (χ0) is 11.4. The monoisotopic (exact) mass is 217 g/mol. The molecule has 3 nitrogen and oxygen atoms in total. The summed E-state index contributed by atoms with van der Waals surface area (Å²) in [5.41, 5.74) is 0.222. The summed E-state index contributed by atoms with van der Waals surface area (Å²) in [5, 5.41) is 12.2. The highest BCUT2D eigenvalue weighted by Crippen LogP contribution is 2.32. The number of halogens is 2. The van der Waals surface area contributed by atoms with Gasteiger partial charge in [0.15, 0.2) is 17.3 Å². The number of nitrogens with one attached hydrogen (secondary N) is 1. The quantitative estimate of drug-likeness (QED) is 0.801. The highest BCUT2D eigenvalue weighted by atomic mass is 19.1. The zero-order valence-corrected chi connectivity index (χ0v) is 8.60. The van der Waals surface area contributed by atoms with E-state index in [1.165, 1.54) is 0 Å². The van der Waals surface area contributed by atoms with E-state index in [2.05, 4.69) is 10.1 Å². The summed E-state index contributed by atoms with van der Waals surface area (Å²) in [4.78, 5) is 0. The minimum Gasteiger partial charge on any atom is -0.505 e. The molecule has 0 heterocycles. The highest BCUT2D eigenvalue weighted by Gasteiger charge is 2.18. The van der Waals surface area contributed by atoms with E-state index in [1.54, 1.807) is 7.05 Å². The molecule has 0 unspecified atom stereocenters. The second kappa shape index (κ2) is 4.93. The highest BCUT2D eigenvalue weighted by molar-refractivity contribution is 5.43. The lowest BCUT2D eigenvalue weighted by Crippen LogP contribution is -2.11. The van der Waals surface area contributed by atoms with Gasteiger partial charge in [-0.05, 0) is 26.1 Å². The van der Waals surface area contributed by atoms with E-state index in [4.69, 9.17) is 0 Å². The number of benzene rings is 1. The van der Waals surface area contributed by atoms with Gasteiger partial charge in [-0.25, -0.2) is 4.39 Å². The fraction of sp³-hybridized carbons (Fsp3) is 0.400. The number of phenols is 1. The number of phenolic OH excluding ortho intramolecular Hbond substituents is 1. The number of methoxy groups -OCH3 is 1. The molecular formula is C10H13F2NO2. The molecule has 0 saturated carbocycles. The standard InChI is InChI=1S/C10H13F2NO2/c1-13-4-3-6-5-7(11)10(15-2)8(12)9(6)14/h5,13-14H,3-4H2,1-2H3. The van der Waals surface area contributed by atoms with Gasteiger partial charge in [0.25, 0.3) is 0 Å². The Hall–Kier alpha value is -1.36. The Bertz CT molecular complexity index is 356. The fourth-order valence-electron chi connectivity index (χ4n) is 1.28. The molecule has 1 aromatic rings. The fourth-order valence-corrected chi connectivity index (χ4v) is 1.28. The Morgan fingerprint density at radius 1 is 1.47 bits per heavy atom. The maximum absolute atomic E-state index is 13.3. The van der Waals surface area contributed by atoms with Crippen molar-refractivity contribution in [3.63, 3.8) is 0 Å². The van der Waals surface area contributed by atoms with Crippen LogP contribution in [-0.2, 0) is 6.42 Å². The summed E-state index contributed by atoms with van der Waals surface area (Å²) >= 11 is 0. The molecule has 0 atom stereocenters. The van der Waals surface area contributed by atoms with Crippen LogP contribution in [0.5, 0.6) is 11.5 Å². The summed E-state index contributed by atoms with van der Waals surface area (Å²) in [6.07, 6.45) is 0.347. The van der Waals surface area contributed by atoms with Crippen molar-refractivity contribution in [2.75, 3.05) is 20.7 Å². The van der Waals surface area contributed by atoms with Crippen LogP contribution in [-0.4, -0.2) is 25.8 Å². The lowest BCUT2D eigenvalue weighted by atomic mass is 10.1. The van der Waals surface area contributed by atoms with Gasteiger partial charge in [0, 0.05) is 5.56 Å². The lowest BCUT2D eigenvalue weighted by Gasteiger charge is -2.09. The van der Waals surface area contributed by atoms with Crippen LogP contribution in [0.1, 0.15) is 5.56 Å². The average molecular weight is 217 g/mol. The Kier molecular flexibility index (Phi) is 3.85. The second-order valence-electron chi connectivity index (χ2n) is 3.07. The first-order valence-electron chi connectivity index (χ1n) is 4.50. The third-order valence-corrected chi connectivity index (χ3v) is 2.08. The van der Waals surface area contributed by atoms with Gasteiger partial charge < -0.3 is 15.2 Å². The van der Waals surface area contributed by atoms with Crippen LogP contribution in [0.25, 0.3) is 0 Å². The van der Waals surface area contributed by atoms with E-state index in [0.717, 1.165) is 13.2 Å². The molecule has 2 N–H and O–H groups in total. The van der Waals surface area contributed by atoms with Crippen molar-refractivity contribution in [2.45, 2.75) is 6.42 Å². The van der Waals surface area contributed by atoms with Crippen molar-refractivity contribution >= 4 is 0 Å². The first kappa shape index (κ1) is 11.7. The Labute approximate surface area is 86.7 Å². The first-order valence-corrected chi connectivity index (χ1v) is 4.50. The minimum absolute atomic E-state index is 0.222. The summed E-state index contributed by atoms with van der Waals surface area (Å²) in [6.45, 7) is 0.527. The third kappa shape index (κ3) is 2.36. The Morgan fingerprint density at radius 3 is 2.67 bits per heavy atom. The van der Waals surface area contributed by atoms with Crippen LogP contribution in [0.4, 0.5) is 8.78 Å². The molecule has 0 fully saturated rings. The first-order chi connectivity index (χ1) is 7.11. The molecular weight excluding hydrogens is 204 g/mol. The number of ether oxygens (including phenoxy) is 1. The molecule has 5 heteroatoms. The van der Waals surface area contributed by atoms with Crippen molar-refractivity contribution < 1.29 is 18.6 Å². The zero-order valence-electron chi connectivity index (χ0n) is 8.60. The number of rotatable bonds is 4. The van der Waals surface area contributed by atoms with Crippen molar-refractivity contribution in [3.8, 4) is 11.5 Å². The van der Waals surface area contributed by atoms with Crippen LogP contribution in [0.15, 0.2) is 6.07 Å². The van der Waals surface area contributed by atoms with Gasteiger partial charge in [-0.1, -0.05) is 0 Å². The summed E-state index contributed by atoms with van der Waals surface area (Å²) in [5.74, 6) is -2.97. The maximum atomic E-state index is 13.3. The van der Waals surface area contributed by atoms with Crippen LogP contribution in [0.2, 0.25) is 0 Å². The molecule has 0 saturated heterocycles. The molecule has 15 heavy (non-hydrogen) atoms. The van der Waals surface area contributed by atoms with Crippen LogP contribution in [0, 0.1) is 11.6 Å². The number of likely N-dealkylation sites (N-methyl/N-ethyl adjacent to an activating group) is 1. The average Bonchev–Trinajstić information content (AvgIpc) is 2.22. The van der Waals surface area contributed by atoms with Gasteiger partial charge in [-0.3, -0.25) is 0 Å². The van der Waals surface area contributed by atoms with E-state index in [1.807, 2.05) is 0 Å². The molecule has 1 aromatic carbocycles. The van der Waals surface area contributed by atoms with Crippen LogP contribution >= 0.6 is 0 Å². The normalized spacial score (nSPS) is 10.4. The van der Waals surface area contributed by atoms with Gasteiger partial charge >= 0.3 is 0 Å². The van der Waals surface area contributed by atoms with Crippen molar-refractivity contribution in [1.29, 1.82) is 0 Å². The molecule has 0 radical (unpaired) electrons. The SMILES string of the molecule is CNCCc1cc(F)c(OC)c(F)c1O. The Balaban J connectivity index is 3.10. The van der Waals surface area contributed by atoms with E-state index in [-0.39, 0.29) is 5.56 Å². The molecule has 0 aliphatic carbocycles. The molecule has 84 valence electrons. The van der Waals surface area contributed by atoms with Crippen molar-refractivity contribution in [3.05, 3.63) is 23.3 Å². The van der Waals surface area contributed by atoms with Gasteiger partial charge in [0.05, 0.1) is 7.11 Å².